The van der Waals surface area contributed by atoms with Gasteiger partial charge in [0, 0.05) is 15.7 Å². The number of aryl methyl sites for hydroxylation is 1. The van der Waals surface area contributed by atoms with Gasteiger partial charge in [-0.3, -0.25) is 15.4 Å². The van der Waals surface area contributed by atoms with Crippen LogP contribution in [0.4, 0.5) is 10.6 Å². The SMILES string of the molecule is COc1ccc(-c2ccc(NC(=O)NC(=O)c3ccccc3Br)nc2C)cc1. The summed E-state index contributed by atoms with van der Waals surface area (Å²) in [5.41, 5.74) is 3.06. The van der Waals surface area contributed by atoms with Crippen LogP contribution in [0.2, 0.25) is 0 Å². The zero-order chi connectivity index (χ0) is 20.1. The lowest BCUT2D eigenvalue weighted by atomic mass is 10.0. The van der Waals surface area contributed by atoms with Crippen molar-refractivity contribution in [1.82, 2.24) is 10.3 Å². The lowest BCUT2D eigenvalue weighted by molar-refractivity contribution is 0.0966. The molecular formula is C21H18BrN3O3. The fourth-order valence-electron chi connectivity index (χ4n) is 2.67. The molecule has 0 bridgehead atoms. The highest BCUT2D eigenvalue weighted by atomic mass is 79.9. The Kier molecular flexibility index (Phi) is 6.06. The van der Waals surface area contributed by atoms with Crippen molar-refractivity contribution < 1.29 is 14.3 Å². The van der Waals surface area contributed by atoms with Gasteiger partial charge in [-0.05, 0) is 64.8 Å². The molecule has 0 unspecified atom stereocenters. The van der Waals surface area contributed by atoms with E-state index in [4.69, 9.17) is 4.74 Å². The number of imide groups is 1. The molecule has 2 N–H and O–H groups in total. The van der Waals surface area contributed by atoms with Crippen LogP contribution >= 0.6 is 15.9 Å². The van der Waals surface area contributed by atoms with Crippen LogP contribution in [0.1, 0.15) is 16.1 Å². The van der Waals surface area contributed by atoms with Crippen LogP contribution in [0.5, 0.6) is 5.75 Å². The van der Waals surface area contributed by atoms with Gasteiger partial charge in [0.05, 0.1) is 12.7 Å². The minimum absolute atomic E-state index is 0.354. The number of urea groups is 1. The van der Waals surface area contributed by atoms with E-state index in [9.17, 15) is 9.59 Å². The number of carbonyl (C=O) groups excluding carboxylic acids is 2. The Bertz CT molecular complexity index is 1020. The molecule has 3 amide bonds. The minimum atomic E-state index is -0.648. The minimum Gasteiger partial charge on any atom is -0.497 e. The molecule has 0 atom stereocenters. The largest absolute Gasteiger partial charge is 0.497 e. The number of carbonyl (C=O) groups is 2. The van der Waals surface area contributed by atoms with Crippen molar-refractivity contribution in [2.24, 2.45) is 0 Å². The average Bonchev–Trinajstić information content (AvgIpc) is 2.68. The van der Waals surface area contributed by atoms with Gasteiger partial charge in [-0.1, -0.05) is 24.3 Å². The summed E-state index contributed by atoms with van der Waals surface area (Å²) in [5, 5.41) is 4.87. The third kappa shape index (κ3) is 4.55. The first-order valence-electron chi connectivity index (χ1n) is 8.47. The second kappa shape index (κ2) is 8.67. The van der Waals surface area contributed by atoms with E-state index in [1.807, 2.05) is 37.3 Å². The molecule has 6 nitrogen and oxygen atoms in total. The van der Waals surface area contributed by atoms with E-state index in [-0.39, 0.29) is 0 Å². The number of nitrogens with one attached hydrogen (secondary N) is 2. The van der Waals surface area contributed by atoms with Gasteiger partial charge in [-0.25, -0.2) is 9.78 Å². The van der Waals surface area contributed by atoms with E-state index in [0.29, 0.717) is 15.9 Å². The average molecular weight is 440 g/mol. The van der Waals surface area contributed by atoms with Crippen molar-refractivity contribution in [2.75, 3.05) is 12.4 Å². The van der Waals surface area contributed by atoms with Gasteiger partial charge in [0.1, 0.15) is 11.6 Å². The highest BCUT2D eigenvalue weighted by molar-refractivity contribution is 9.10. The number of anilines is 1. The Hall–Kier alpha value is -3.19. The molecule has 28 heavy (non-hydrogen) atoms. The van der Waals surface area contributed by atoms with Crippen LogP contribution in [-0.2, 0) is 0 Å². The molecule has 0 radical (unpaired) electrons. The van der Waals surface area contributed by atoms with Crippen LogP contribution in [0.25, 0.3) is 11.1 Å². The number of nitrogens with zero attached hydrogens (tertiary/aromatic N) is 1. The predicted molar refractivity (Wildman–Crippen MR) is 112 cm³/mol. The van der Waals surface area contributed by atoms with E-state index in [0.717, 1.165) is 22.6 Å². The second-order valence-corrected chi connectivity index (χ2v) is 6.80. The summed E-state index contributed by atoms with van der Waals surface area (Å²) in [6.07, 6.45) is 0. The quantitative estimate of drug-likeness (QED) is 0.612. The van der Waals surface area contributed by atoms with Crippen LogP contribution < -0.4 is 15.4 Å². The first-order chi connectivity index (χ1) is 13.5. The van der Waals surface area contributed by atoms with Crippen LogP contribution in [0.15, 0.2) is 65.1 Å². The summed E-state index contributed by atoms with van der Waals surface area (Å²) in [5.74, 6) is 0.628. The number of amides is 3. The number of rotatable bonds is 4. The lowest BCUT2D eigenvalue weighted by Gasteiger charge is -2.10. The maximum absolute atomic E-state index is 12.2. The molecule has 0 fully saturated rings. The Labute approximate surface area is 171 Å². The number of methoxy groups -OCH3 is 1. The maximum atomic E-state index is 12.2. The zero-order valence-corrected chi connectivity index (χ0v) is 16.9. The Morgan fingerprint density at radius 1 is 1.00 bits per heavy atom. The first-order valence-corrected chi connectivity index (χ1v) is 9.26. The summed E-state index contributed by atoms with van der Waals surface area (Å²) in [4.78, 5) is 28.7. The number of hydrogen-bond acceptors (Lipinski definition) is 4. The highest BCUT2D eigenvalue weighted by Gasteiger charge is 2.14. The number of aromatic nitrogens is 1. The summed E-state index contributed by atoms with van der Waals surface area (Å²) < 4.78 is 5.78. The van der Waals surface area contributed by atoms with Crippen molar-refractivity contribution in [3.8, 4) is 16.9 Å². The summed E-state index contributed by atoms with van der Waals surface area (Å²) in [7, 11) is 1.62. The summed E-state index contributed by atoms with van der Waals surface area (Å²) in [6, 6.07) is 17.4. The fourth-order valence-corrected chi connectivity index (χ4v) is 3.13. The number of benzene rings is 2. The van der Waals surface area contributed by atoms with Crippen molar-refractivity contribution in [3.63, 3.8) is 0 Å². The molecule has 0 spiro atoms. The smallest absolute Gasteiger partial charge is 0.327 e. The molecule has 1 heterocycles. The topological polar surface area (TPSA) is 80.3 Å². The normalized spacial score (nSPS) is 10.2. The van der Waals surface area contributed by atoms with E-state index >= 15 is 0 Å². The van der Waals surface area contributed by atoms with Gasteiger partial charge >= 0.3 is 6.03 Å². The molecule has 3 rings (SSSR count). The van der Waals surface area contributed by atoms with Gasteiger partial charge in [-0.2, -0.15) is 0 Å². The molecule has 0 saturated heterocycles. The number of halogens is 1. The molecule has 7 heteroatoms. The highest BCUT2D eigenvalue weighted by Crippen LogP contribution is 2.25. The van der Waals surface area contributed by atoms with Gasteiger partial charge in [0.15, 0.2) is 0 Å². The third-order valence-electron chi connectivity index (χ3n) is 4.07. The number of ether oxygens (including phenoxy) is 1. The van der Waals surface area contributed by atoms with Crippen molar-refractivity contribution in [1.29, 1.82) is 0 Å². The molecule has 0 aliphatic rings. The zero-order valence-electron chi connectivity index (χ0n) is 15.3. The molecule has 0 aliphatic heterocycles. The second-order valence-electron chi connectivity index (χ2n) is 5.95. The van der Waals surface area contributed by atoms with Crippen molar-refractivity contribution in [2.45, 2.75) is 6.92 Å². The predicted octanol–water partition coefficient (Wildman–Crippen LogP) is 4.79. The maximum Gasteiger partial charge on any atom is 0.327 e. The Morgan fingerprint density at radius 3 is 2.36 bits per heavy atom. The standard InChI is InChI=1S/C21H18BrN3O3/c1-13-16(14-7-9-15(28-2)10-8-14)11-12-19(23-13)24-21(27)25-20(26)17-5-3-4-6-18(17)22/h3-12H,1-2H3,(H2,23,24,25,26,27). The lowest BCUT2D eigenvalue weighted by Crippen LogP contribution is -2.34. The van der Waals surface area contributed by atoms with Crippen molar-refractivity contribution in [3.05, 3.63) is 76.4 Å². The van der Waals surface area contributed by atoms with Crippen LogP contribution in [-0.4, -0.2) is 24.0 Å². The third-order valence-corrected chi connectivity index (χ3v) is 4.77. The number of hydrogen-bond donors (Lipinski definition) is 2. The number of pyridine rings is 1. The van der Waals surface area contributed by atoms with Crippen molar-refractivity contribution >= 4 is 33.7 Å². The van der Waals surface area contributed by atoms with Crippen LogP contribution in [0, 0.1) is 6.92 Å². The fraction of sp³-hybridized carbons (Fsp3) is 0.0952. The van der Waals surface area contributed by atoms with E-state index < -0.39 is 11.9 Å². The van der Waals surface area contributed by atoms with E-state index in [1.54, 1.807) is 37.4 Å². The molecular weight excluding hydrogens is 422 g/mol. The van der Waals surface area contributed by atoms with E-state index in [2.05, 4.69) is 31.5 Å². The van der Waals surface area contributed by atoms with Gasteiger partial charge in [-0.15, -0.1) is 0 Å². The monoisotopic (exact) mass is 439 g/mol. The molecule has 1 aromatic heterocycles. The van der Waals surface area contributed by atoms with Gasteiger partial charge < -0.3 is 4.74 Å². The molecule has 2 aromatic carbocycles. The molecule has 0 aliphatic carbocycles. The summed E-state index contributed by atoms with van der Waals surface area (Å²) in [6.45, 7) is 1.86. The summed E-state index contributed by atoms with van der Waals surface area (Å²) >= 11 is 3.29. The Balaban J connectivity index is 1.69. The van der Waals surface area contributed by atoms with Crippen LogP contribution in [0.3, 0.4) is 0 Å². The first kappa shape index (κ1) is 19.6. The molecule has 3 aromatic rings. The van der Waals surface area contributed by atoms with Gasteiger partial charge in [0.25, 0.3) is 5.91 Å². The molecule has 142 valence electrons. The van der Waals surface area contributed by atoms with Gasteiger partial charge in [0.2, 0.25) is 0 Å². The van der Waals surface area contributed by atoms with E-state index in [1.165, 1.54) is 0 Å². The Morgan fingerprint density at radius 2 is 1.71 bits per heavy atom. The molecule has 0 saturated carbocycles.